The SMILES string of the molecule is COC(=O)CSc1nc2ccc(NC(=O)COCC(=O)Nc3cccc(C#N)c3)cc2s1. The minimum Gasteiger partial charge on any atom is -0.468 e. The van der Waals surface area contributed by atoms with E-state index in [1.807, 2.05) is 6.07 Å². The molecule has 0 atom stereocenters. The minimum absolute atomic E-state index is 0.175. The number of benzene rings is 2. The lowest BCUT2D eigenvalue weighted by atomic mass is 10.2. The van der Waals surface area contributed by atoms with Crippen molar-refractivity contribution in [2.45, 2.75) is 4.34 Å². The molecule has 0 saturated carbocycles. The molecule has 0 fully saturated rings. The average molecular weight is 471 g/mol. The van der Waals surface area contributed by atoms with Gasteiger partial charge in [-0.25, -0.2) is 4.98 Å². The van der Waals surface area contributed by atoms with Gasteiger partial charge in [0.1, 0.15) is 13.2 Å². The highest BCUT2D eigenvalue weighted by atomic mass is 32.2. The third-order valence-electron chi connectivity index (χ3n) is 3.94. The topological polar surface area (TPSA) is 130 Å². The number of carbonyl (C=O) groups excluding carboxylic acids is 3. The van der Waals surface area contributed by atoms with Gasteiger partial charge in [-0.2, -0.15) is 5.26 Å². The summed E-state index contributed by atoms with van der Waals surface area (Å²) >= 11 is 2.69. The van der Waals surface area contributed by atoms with E-state index in [1.165, 1.54) is 30.2 Å². The predicted molar refractivity (Wildman–Crippen MR) is 122 cm³/mol. The Kier molecular flexibility index (Phi) is 8.15. The van der Waals surface area contributed by atoms with E-state index in [2.05, 4.69) is 20.4 Å². The number of amides is 2. The molecule has 9 nitrogen and oxygen atoms in total. The van der Waals surface area contributed by atoms with E-state index in [4.69, 9.17) is 10.00 Å². The Balaban J connectivity index is 1.46. The van der Waals surface area contributed by atoms with Crippen LogP contribution in [0.5, 0.6) is 0 Å². The molecule has 2 N–H and O–H groups in total. The number of fused-ring (bicyclic) bond motifs is 1. The van der Waals surface area contributed by atoms with Crippen molar-refractivity contribution >= 4 is 62.5 Å². The largest absolute Gasteiger partial charge is 0.468 e. The molecule has 0 unspecified atom stereocenters. The third kappa shape index (κ3) is 6.78. The van der Waals surface area contributed by atoms with E-state index in [9.17, 15) is 14.4 Å². The Bertz CT molecular complexity index is 1190. The minimum atomic E-state index is -0.434. The molecule has 11 heteroatoms. The molecule has 0 saturated heterocycles. The number of nitrogens with one attached hydrogen (secondary N) is 2. The van der Waals surface area contributed by atoms with Crippen molar-refractivity contribution in [2.75, 3.05) is 36.7 Å². The van der Waals surface area contributed by atoms with Gasteiger partial charge in [-0.05, 0) is 36.4 Å². The third-order valence-corrected chi connectivity index (χ3v) is 6.07. The molecule has 0 aliphatic carbocycles. The smallest absolute Gasteiger partial charge is 0.316 e. The molecule has 1 heterocycles. The maximum absolute atomic E-state index is 12.1. The van der Waals surface area contributed by atoms with Gasteiger partial charge in [-0.3, -0.25) is 14.4 Å². The zero-order valence-electron chi connectivity index (χ0n) is 16.9. The summed E-state index contributed by atoms with van der Waals surface area (Å²) in [4.78, 5) is 39.7. The first-order valence-corrected chi connectivity index (χ1v) is 11.0. The van der Waals surface area contributed by atoms with Crippen LogP contribution in [0.2, 0.25) is 0 Å². The van der Waals surface area contributed by atoms with E-state index in [1.54, 1.807) is 42.5 Å². The van der Waals surface area contributed by atoms with E-state index >= 15 is 0 Å². The number of hydrogen-bond donors (Lipinski definition) is 2. The number of carbonyl (C=O) groups is 3. The number of thioether (sulfide) groups is 1. The second-order valence-corrected chi connectivity index (χ2v) is 8.56. The van der Waals surface area contributed by atoms with Crippen LogP contribution in [-0.2, 0) is 23.9 Å². The van der Waals surface area contributed by atoms with Crippen LogP contribution >= 0.6 is 23.1 Å². The standard InChI is InChI=1S/C21H18N4O5S2/c1-29-20(28)12-31-21-25-16-6-5-15(8-17(16)32-21)24-19(27)11-30-10-18(26)23-14-4-2-3-13(7-14)9-22/h2-8H,10-12H2,1H3,(H,23,26)(H,24,27). The van der Waals surface area contributed by atoms with Gasteiger partial charge in [0.2, 0.25) is 11.8 Å². The number of esters is 1. The van der Waals surface area contributed by atoms with Gasteiger partial charge < -0.3 is 20.1 Å². The van der Waals surface area contributed by atoms with Crippen molar-refractivity contribution < 1.29 is 23.9 Å². The number of hydrogen-bond acceptors (Lipinski definition) is 9. The normalized spacial score (nSPS) is 10.4. The lowest BCUT2D eigenvalue weighted by Crippen LogP contribution is -2.23. The molecule has 0 bridgehead atoms. The molecular weight excluding hydrogens is 452 g/mol. The number of ether oxygens (including phenoxy) is 2. The van der Waals surface area contributed by atoms with Crippen LogP contribution in [0.25, 0.3) is 10.2 Å². The van der Waals surface area contributed by atoms with Gasteiger partial charge in [0.05, 0.1) is 34.7 Å². The number of nitriles is 1. The summed E-state index contributed by atoms with van der Waals surface area (Å²) in [5.41, 5.74) is 2.23. The number of thiazole rings is 1. The molecule has 164 valence electrons. The number of rotatable bonds is 9. The fourth-order valence-electron chi connectivity index (χ4n) is 2.52. The maximum Gasteiger partial charge on any atom is 0.316 e. The van der Waals surface area contributed by atoms with E-state index < -0.39 is 11.8 Å². The van der Waals surface area contributed by atoms with Crippen LogP contribution in [0.4, 0.5) is 11.4 Å². The van der Waals surface area contributed by atoms with Crippen LogP contribution < -0.4 is 10.6 Å². The Hall–Kier alpha value is -3.46. The van der Waals surface area contributed by atoms with Gasteiger partial charge in [0.25, 0.3) is 0 Å². The zero-order chi connectivity index (χ0) is 22.9. The first-order chi connectivity index (χ1) is 15.5. The molecule has 0 aliphatic rings. The summed E-state index contributed by atoms with van der Waals surface area (Å²) in [6, 6.07) is 13.7. The molecule has 3 rings (SSSR count). The molecular formula is C21H18N4O5S2. The quantitative estimate of drug-likeness (QED) is 0.360. The number of aromatic nitrogens is 1. The second-order valence-electron chi connectivity index (χ2n) is 6.31. The van der Waals surface area contributed by atoms with E-state index in [-0.39, 0.29) is 24.9 Å². The molecule has 0 radical (unpaired) electrons. The number of methoxy groups -OCH3 is 1. The number of nitrogens with zero attached hydrogens (tertiary/aromatic N) is 2. The molecule has 1 aromatic heterocycles. The van der Waals surface area contributed by atoms with Gasteiger partial charge >= 0.3 is 5.97 Å². The summed E-state index contributed by atoms with van der Waals surface area (Å²) in [6.07, 6.45) is 0. The van der Waals surface area contributed by atoms with Crippen molar-refractivity contribution in [3.05, 3.63) is 48.0 Å². The first-order valence-electron chi connectivity index (χ1n) is 9.24. The number of anilines is 2. The summed E-state index contributed by atoms with van der Waals surface area (Å²) in [5, 5.41) is 14.2. The first kappa shape index (κ1) is 23.2. The van der Waals surface area contributed by atoms with Crippen LogP contribution in [0, 0.1) is 11.3 Å². The monoisotopic (exact) mass is 470 g/mol. The van der Waals surface area contributed by atoms with Crippen LogP contribution in [-0.4, -0.2) is 48.8 Å². The van der Waals surface area contributed by atoms with Gasteiger partial charge in [0.15, 0.2) is 4.34 Å². The Morgan fingerprint density at radius 2 is 1.81 bits per heavy atom. The predicted octanol–water partition coefficient (Wildman–Crippen LogP) is 3.03. The highest BCUT2D eigenvalue weighted by molar-refractivity contribution is 8.01. The van der Waals surface area contributed by atoms with Crippen molar-refractivity contribution in [1.82, 2.24) is 4.98 Å². The van der Waals surface area contributed by atoms with Crippen LogP contribution in [0.3, 0.4) is 0 Å². The van der Waals surface area contributed by atoms with Crippen molar-refractivity contribution in [2.24, 2.45) is 0 Å². The fraction of sp³-hybridized carbons (Fsp3) is 0.190. The molecule has 3 aromatic rings. The Morgan fingerprint density at radius 3 is 2.50 bits per heavy atom. The summed E-state index contributed by atoms with van der Waals surface area (Å²) in [7, 11) is 1.33. The maximum atomic E-state index is 12.1. The van der Waals surface area contributed by atoms with Crippen LogP contribution in [0.15, 0.2) is 46.8 Å². The molecule has 2 aromatic carbocycles. The highest BCUT2D eigenvalue weighted by Gasteiger charge is 2.10. The molecule has 0 aliphatic heterocycles. The highest BCUT2D eigenvalue weighted by Crippen LogP contribution is 2.31. The molecule has 0 spiro atoms. The summed E-state index contributed by atoms with van der Waals surface area (Å²) in [5.74, 6) is -0.995. The van der Waals surface area contributed by atoms with E-state index in [0.717, 1.165) is 14.6 Å². The van der Waals surface area contributed by atoms with Gasteiger partial charge in [-0.15, -0.1) is 11.3 Å². The molecule has 2 amide bonds. The van der Waals surface area contributed by atoms with Gasteiger partial charge in [-0.1, -0.05) is 17.8 Å². The van der Waals surface area contributed by atoms with Gasteiger partial charge in [0, 0.05) is 11.4 Å². The summed E-state index contributed by atoms with van der Waals surface area (Å²) in [6.45, 7) is -0.606. The van der Waals surface area contributed by atoms with Crippen molar-refractivity contribution in [3.8, 4) is 6.07 Å². The van der Waals surface area contributed by atoms with Crippen LogP contribution in [0.1, 0.15) is 5.56 Å². The van der Waals surface area contributed by atoms with Crippen molar-refractivity contribution in [1.29, 1.82) is 5.26 Å². The lowest BCUT2D eigenvalue weighted by molar-refractivity contribution is -0.137. The Labute approximate surface area is 191 Å². The van der Waals surface area contributed by atoms with Crippen molar-refractivity contribution in [3.63, 3.8) is 0 Å². The average Bonchev–Trinajstić information content (AvgIpc) is 3.19. The zero-order valence-corrected chi connectivity index (χ0v) is 18.5. The Morgan fingerprint density at radius 1 is 1.09 bits per heavy atom. The fourth-order valence-corrected chi connectivity index (χ4v) is 4.46. The van der Waals surface area contributed by atoms with E-state index in [0.29, 0.717) is 16.9 Å². The molecule has 32 heavy (non-hydrogen) atoms. The summed E-state index contributed by atoms with van der Waals surface area (Å²) < 4.78 is 11.4. The lowest BCUT2D eigenvalue weighted by Gasteiger charge is -2.07. The second kappa shape index (κ2) is 11.2.